The molecule has 0 radical (unpaired) electrons. The quantitative estimate of drug-likeness (QED) is 0.457. The maximum absolute atomic E-state index is 10.7. The van der Waals surface area contributed by atoms with Crippen LogP contribution >= 0.6 is 0 Å². The Kier molecular flexibility index (Phi) is 2.45. The molecule has 11 heavy (non-hydrogen) atoms. The van der Waals surface area contributed by atoms with Crippen molar-refractivity contribution in [3.05, 3.63) is 11.6 Å². The van der Waals surface area contributed by atoms with Crippen molar-refractivity contribution in [2.24, 2.45) is 0 Å². The normalized spacial score (nSPS) is 22.5. The van der Waals surface area contributed by atoms with Gasteiger partial charge in [0.05, 0.1) is 0 Å². The zero-order chi connectivity index (χ0) is 8.32. The van der Waals surface area contributed by atoms with Crippen LogP contribution in [0, 0.1) is 0 Å². The highest BCUT2D eigenvalue weighted by Crippen LogP contribution is 2.28. The number of carbonyl (C=O) groups is 1. The van der Waals surface area contributed by atoms with Crippen LogP contribution in [0.4, 0.5) is 0 Å². The molecule has 1 aliphatic rings. The van der Waals surface area contributed by atoms with E-state index in [0.29, 0.717) is 0 Å². The summed E-state index contributed by atoms with van der Waals surface area (Å²) < 4.78 is 5.13. The molecule has 0 amide bonds. The Morgan fingerprint density at radius 2 is 2.45 bits per heavy atom. The third-order valence-corrected chi connectivity index (χ3v) is 2.33. The van der Waals surface area contributed by atoms with E-state index in [1.54, 1.807) is 7.11 Å². The van der Waals surface area contributed by atoms with Crippen LogP contribution in [-0.2, 0) is 9.53 Å². The molecule has 0 aromatic carbocycles. The summed E-state index contributed by atoms with van der Waals surface area (Å²) >= 11 is 0. The lowest BCUT2D eigenvalue weighted by Crippen LogP contribution is -2.30. The van der Waals surface area contributed by atoms with Gasteiger partial charge in [-0.2, -0.15) is 0 Å². The maximum Gasteiger partial charge on any atom is 0.155 e. The number of hydrogen-bond acceptors (Lipinski definition) is 2. The Hall–Kier alpha value is -0.630. The van der Waals surface area contributed by atoms with Gasteiger partial charge in [0.15, 0.2) is 6.29 Å². The molecule has 0 saturated heterocycles. The van der Waals surface area contributed by atoms with E-state index < -0.39 is 5.60 Å². The van der Waals surface area contributed by atoms with Gasteiger partial charge in [-0.1, -0.05) is 6.08 Å². The summed E-state index contributed by atoms with van der Waals surface area (Å²) in [7, 11) is 1.58. The molecule has 0 heterocycles. The standard InChI is InChI=1S/C9H14O2/c1-9(7-10,11-2)8-5-3-4-6-8/h5,7H,3-4,6H2,1-2H3. The third-order valence-electron chi connectivity index (χ3n) is 2.33. The Morgan fingerprint density at radius 1 is 1.73 bits per heavy atom. The highest BCUT2D eigenvalue weighted by atomic mass is 16.5. The summed E-state index contributed by atoms with van der Waals surface area (Å²) in [6, 6.07) is 0. The van der Waals surface area contributed by atoms with E-state index in [2.05, 4.69) is 6.08 Å². The highest BCUT2D eigenvalue weighted by Gasteiger charge is 2.28. The minimum absolute atomic E-state index is 0.656. The Balaban J connectivity index is 2.75. The minimum atomic E-state index is -0.656. The van der Waals surface area contributed by atoms with Crippen molar-refractivity contribution in [1.29, 1.82) is 0 Å². The van der Waals surface area contributed by atoms with Gasteiger partial charge in [0.1, 0.15) is 5.60 Å². The average Bonchev–Trinajstić information content (AvgIpc) is 2.55. The maximum atomic E-state index is 10.7. The first kappa shape index (κ1) is 8.47. The summed E-state index contributed by atoms with van der Waals surface area (Å²) in [5, 5.41) is 0. The van der Waals surface area contributed by atoms with Crippen LogP contribution in [0.25, 0.3) is 0 Å². The second kappa shape index (κ2) is 3.18. The Morgan fingerprint density at radius 3 is 2.82 bits per heavy atom. The molecule has 62 valence electrons. The molecule has 0 bridgehead atoms. The molecule has 1 atom stereocenters. The van der Waals surface area contributed by atoms with E-state index in [-0.39, 0.29) is 0 Å². The zero-order valence-corrected chi connectivity index (χ0v) is 7.09. The van der Waals surface area contributed by atoms with Crippen molar-refractivity contribution in [3.8, 4) is 0 Å². The molecule has 0 spiro atoms. The predicted octanol–water partition coefficient (Wildman–Crippen LogP) is 1.70. The van der Waals surface area contributed by atoms with Crippen molar-refractivity contribution in [1.82, 2.24) is 0 Å². The van der Waals surface area contributed by atoms with Crippen LogP contribution in [-0.4, -0.2) is 19.0 Å². The van der Waals surface area contributed by atoms with Crippen LogP contribution in [0.3, 0.4) is 0 Å². The monoisotopic (exact) mass is 154 g/mol. The van der Waals surface area contributed by atoms with E-state index in [1.165, 1.54) is 0 Å². The summed E-state index contributed by atoms with van der Waals surface area (Å²) in [5.74, 6) is 0. The molecular weight excluding hydrogens is 140 g/mol. The lowest BCUT2D eigenvalue weighted by molar-refractivity contribution is -0.122. The molecule has 0 aliphatic heterocycles. The van der Waals surface area contributed by atoms with Gasteiger partial charge in [-0.25, -0.2) is 0 Å². The number of ether oxygens (including phenoxy) is 1. The minimum Gasteiger partial charge on any atom is -0.367 e. The fraction of sp³-hybridized carbons (Fsp3) is 0.667. The fourth-order valence-electron chi connectivity index (χ4n) is 1.38. The number of aldehydes is 1. The number of rotatable bonds is 3. The van der Waals surface area contributed by atoms with Crippen LogP contribution < -0.4 is 0 Å². The second-order valence-corrected chi connectivity index (χ2v) is 3.05. The van der Waals surface area contributed by atoms with Gasteiger partial charge in [-0.05, 0) is 31.8 Å². The van der Waals surface area contributed by atoms with E-state index in [0.717, 1.165) is 31.1 Å². The molecule has 1 rings (SSSR count). The molecular formula is C9H14O2. The molecule has 0 aromatic heterocycles. The highest BCUT2D eigenvalue weighted by molar-refractivity contribution is 5.68. The molecule has 1 unspecified atom stereocenters. The van der Waals surface area contributed by atoms with Crippen molar-refractivity contribution in [2.45, 2.75) is 31.8 Å². The summed E-state index contributed by atoms with van der Waals surface area (Å²) in [5.41, 5.74) is 0.478. The average molecular weight is 154 g/mol. The number of methoxy groups -OCH3 is 1. The molecule has 0 aromatic rings. The van der Waals surface area contributed by atoms with E-state index >= 15 is 0 Å². The molecule has 0 fully saturated rings. The molecule has 1 aliphatic carbocycles. The van der Waals surface area contributed by atoms with Crippen molar-refractivity contribution >= 4 is 6.29 Å². The van der Waals surface area contributed by atoms with Gasteiger partial charge in [0.25, 0.3) is 0 Å². The van der Waals surface area contributed by atoms with Gasteiger partial charge in [0.2, 0.25) is 0 Å². The first-order chi connectivity index (χ1) is 5.23. The van der Waals surface area contributed by atoms with Gasteiger partial charge < -0.3 is 4.74 Å². The Labute approximate surface area is 67.2 Å². The van der Waals surface area contributed by atoms with Crippen LogP contribution in [0.15, 0.2) is 11.6 Å². The molecule has 0 N–H and O–H groups in total. The second-order valence-electron chi connectivity index (χ2n) is 3.05. The van der Waals surface area contributed by atoms with E-state index in [1.807, 2.05) is 6.92 Å². The number of allylic oxidation sites excluding steroid dienone is 1. The number of hydrogen-bond donors (Lipinski definition) is 0. The smallest absolute Gasteiger partial charge is 0.155 e. The first-order valence-corrected chi connectivity index (χ1v) is 3.94. The summed E-state index contributed by atoms with van der Waals surface area (Å²) in [6.45, 7) is 1.82. The first-order valence-electron chi connectivity index (χ1n) is 3.94. The lowest BCUT2D eigenvalue weighted by atomic mass is 9.97. The van der Waals surface area contributed by atoms with Crippen LogP contribution in [0.5, 0.6) is 0 Å². The fourth-order valence-corrected chi connectivity index (χ4v) is 1.38. The largest absolute Gasteiger partial charge is 0.367 e. The van der Waals surface area contributed by atoms with Gasteiger partial charge >= 0.3 is 0 Å². The topological polar surface area (TPSA) is 26.3 Å². The number of carbonyl (C=O) groups excluding carboxylic acids is 1. The van der Waals surface area contributed by atoms with Crippen molar-refractivity contribution in [3.63, 3.8) is 0 Å². The SMILES string of the molecule is COC(C)(C=O)C1=CCCC1. The lowest BCUT2D eigenvalue weighted by Gasteiger charge is -2.22. The summed E-state index contributed by atoms with van der Waals surface area (Å²) in [4.78, 5) is 10.7. The summed E-state index contributed by atoms with van der Waals surface area (Å²) in [6.07, 6.45) is 6.23. The van der Waals surface area contributed by atoms with Crippen molar-refractivity contribution < 1.29 is 9.53 Å². The van der Waals surface area contributed by atoms with E-state index in [4.69, 9.17) is 4.74 Å². The zero-order valence-electron chi connectivity index (χ0n) is 7.09. The molecule has 2 heteroatoms. The predicted molar refractivity (Wildman–Crippen MR) is 43.4 cm³/mol. The molecule has 2 nitrogen and oxygen atoms in total. The van der Waals surface area contributed by atoms with Crippen LogP contribution in [0.1, 0.15) is 26.2 Å². The van der Waals surface area contributed by atoms with Gasteiger partial charge in [-0.3, -0.25) is 4.79 Å². The van der Waals surface area contributed by atoms with Crippen LogP contribution in [0.2, 0.25) is 0 Å². The van der Waals surface area contributed by atoms with Crippen molar-refractivity contribution in [2.75, 3.05) is 7.11 Å². The molecule has 0 saturated carbocycles. The van der Waals surface area contributed by atoms with Gasteiger partial charge in [-0.15, -0.1) is 0 Å². The Bertz CT molecular complexity index is 184. The van der Waals surface area contributed by atoms with Gasteiger partial charge in [0, 0.05) is 7.11 Å². The van der Waals surface area contributed by atoms with E-state index in [9.17, 15) is 4.79 Å². The third kappa shape index (κ3) is 1.51.